The number of carbonyl (C=O) groups is 2. The topological polar surface area (TPSA) is 124 Å². The predicted molar refractivity (Wildman–Crippen MR) is 137 cm³/mol. The number of benzene rings is 1. The second kappa shape index (κ2) is 15.9. The molecule has 0 unspecified atom stereocenters. The van der Waals surface area contributed by atoms with Crippen LogP contribution in [0.1, 0.15) is 52.7 Å². The molecule has 0 fully saturated rings. The van der Waals surface area contributed by atoms with Crippen LogP contribution in [-0.4, -0.2) is 51.6 Å². The molecule has 0 aliphatic rings. The van der Waals surface area contributed by atoms with Crippen LogP contribution >= 0.6 is 15.2 Å². The van der Waals surface area contributed by atoms with E-state index in [0.29, 0.717) is 11.1 Å². The molecule has 0 heterocycles. The lowest BCUT2D eigenvalue weighted by atomic mass is 10.1. The summed E-state index contributed by atoms with van der Waals surface area (Å²) in [5.41, 5.74) is 0.982. The third-order valence-electron chi connectivity index (χ3n) is 4.30. The molecule has 0 aliphatic heterocycles. The average molecular weight is 546 g/mol. The van der Waals surface area contributed by atoms with E-state index in [0.717, 1.165) is 0 Å². The lowest BCUT2D eigenvalue weighted by Crippen LogP contribution is -2.11. The Labute approximate surface area is 213 Å². The van der Waals surface area contributed by atoms with Gasteiger partial charge in [-0.3, -0.25) is 9.13 Å². The molecule has 12 heteroatoms. The third kappa shape index (κ3) is 9.11. The maximum Gasteiger partial charge on any atom is 0.368 e. The van der Waals surface area contributed by atoms with Crippen molar-refractivity contribution in [3.8, 4) is 0 Å². The van der Waals surface area contributed by atoms with E-state index in [1.807, 2.05) is 0 Å². The molecular formula is C24H36O10P2. The second-order valence-electron chi connectivity index (χ2n) is 6.83. The first-order valence-electron chi connectivity index (χ1n) is 11.8. The largest absolute Gasteiger partial charge is 0.462 e. The van der Waals surface area contributed by atoms with E-state index in [2.05, 4.69) is 0 Å². The van der Waals surface area contributed by atoms with E-state index >= 15 is 0 Å². The van der Waals surface area contributed by atoms with E-state index in [4.69, 9.17) is 27.6 Å². The Morgan fingerprint density at radius 1 is 0.583 bits per heavy atom. The lowest BCUT2D eigenvalue weighted by molar-refractivity contribution is -0.138. The van der Waals surface area contributed by atoms with Crippen LogP contribution < -0.4 is 0 Å². The van der Waals surface area contributed by atoms with Gasteiger partial charge in [0.25, 0.3) is 0 Å². The van der Waals surface area contributed by atoms with Gasteiger partial charge >= 0.3 is 27.1 Å². The predicted octanol–water partition coefficient (Wildman–Crippen LogP) is 6.03. The van der Waals surface area contributed by atoms with Crippen molar-refractivity contribution in [1.29, 1.82) is 0 Å². The highest BCUT2D eigenvalue weighted by atomic mass is 31.2. The Kier molecular flexibility index (Phi) is 14.1. The van der Waals surface area contributed by atoms with Gasteiger partial charge < -0.3 is 27.6 Å². The summed E-state index contributed by atoms with van der Waals surface area (Å²) in [6.45, 7) is 10.2. The zero-order chi connectivity index (χ0) is 27.2. The van der Waals surface area contributed by atoms with Crippen molar-refractivity contribution in [2.75, 3.05) is 39.6 Å². The Morgan fingerprint density at radius 2 is 0.861 bits per heavy atom. The molecule has 1 aromatic rings. The summed E-state index contributed by atoms with van der Waals surface area (Å²) in [5.74, 6) is -1.63. The van der Waals surface area contributed by atoms with Gasteiger partial charge in [0.1, 0.15) is 10.6 Å². The number of rotatable bonds is 16. The molecular weight excluding hydrogens is 510 g/mol. The van der Waals surface area contributed by atoms with Crippen molar-refractivity contribution in [3.63, 3.8) is 0 Å². The molecule has 0 bridgehead atoms. The first-order chi connectivity index (χ1) is 17.1. The van der Waals surface area contributed by atoms with Crippen LogP contribution in [0.3, 0.4) is 0 Å². The normalized spacial score (nSPS) is 12.9. The maximum absolute atomic E-state index is 13.3. The monoisotopic (exact) mass is 546 g/mol. The van der Waals surface area contributed by atoms with Crippen molar-refractivity contribution in [2.24, 2.45) is 0 Å². The van der Waals surface area contributed by atoms with Gasteiger partial charge in [0, 0.05) is 0 Å². The molecule has 0 aliphatic carbocycles. The fourth-order valence-electron chi connectivity index (χ4n) is 2.95. The number of hydrogen-bond donors (Lipinski definition) is 0. The summed E-state index contributed by atoms with van der Waals surface area (Å²) < 4.78 is 58.0. The quantitative estimate of drug-likeness (QED) is 0.138. The Morgan fingerprint density at radius 3 is 1.08 bits per heavy atom. The third-order valence-corrected chi connectivity index (χ3v) is 8.49. The van der Waals surface area contributed by atoms with Crippen LogP contribution in [0, 0.1) is 0 Å². The summed E-state index contributed by atoms with van der Waals surface area (Å²) >= 11 is 0. The summed E-state index contributed by atoms with van der Waals surface area (Å²) in [6.07, 6.45) is 2.74. The van der Waals surface area contributed by atoms with E-state index in [9.17, 15) is 18.7 Å². The summed E-state index contributed by atoms with van der Waals surface area (Å²) in [6, 6.07) is 6.45. The fraction of sp³-hybridized carbons (Fsp3) is 0.500. The SMILES string of the molecule is CCOC(=O)/C(=C\c1ccc(/C=C(\C(=O)OCC)P(=O)(OCC)OCC)cc1)P(=O)(OCC)OCC. The van der Waals surface area contributed by atoms with Crippen molar-refractivity contribution in [1.82, 2.24) is 0 Å². The van der Waals surface area contributed by atoms with Crippen LogP contribution in [0.15, 0.2) is 34.9 Å². The first-order valence-corrected chi connectivity index (χ1v) is 14.9. The molecule has 36 heavy (non-hydrogen) atoms. The van der Waals surface area contributed by atoms with Gasteiger partial charge in [-0.1, -0.05) is 24.3 Å². The van der Waals surface area contributed by atoms with Gasteiger partial charge in [-0.15, -0.1) is 0 Å². The molecule has 0 saturated carbocycles. The summed E-state index contributed by atoms with van der Waals surface area (Å²) in [4.78, 5) is 25.2. The van der Waals surface area contributed by atoms with E-state index in [1.165, 1.54) is 12.2 Å². The maximum atomic E-state index is 13.3. The first kappa shape index (κ1) is 32.0. The zero-order valence-electron chi connectivity index (χ0n) is 21.7. The Balaban J connectivity index is 3.54. The van der Waals surface area contributed by atoms with Crippen LogP contribution in [0.25, 0.3) is 12.2 Å². The van der Waals surface area contributed by atoms with E-state index in [1.54, 1.807) is 65.8 Å². The Bertz CT molecular complexity index is 913. The smallest absolute Gasteiger partial charge is 0.368 e. The molecule has 0 aromatic heterocycles. The number of ether oxygens (including phenoxy) is 2. The highest BCUT2D eigenvalue weighted by Crippen LogP contribution is 2.58. The van der Waals surface area contributed by atoms with Crippen molar-refractivity contribution >= 4 is 39.3 Å². The molecule has 0 spiro atoms. The van der Waals surface area contributed by atoms with Crippen LogP contribution in [-0.2, 0) is 46.3 Å². The lowest BCUT2D eigenvalue weighted by Gasteiger charge is -2.19. The second-order valence-corrected chi connectivity index (χ2v) is 10.8. The minimum absolute atomic E-state index is 0.0636. The molecule has 0 radical (unpaired) electrons. The summed E-state index contributed by atoms with van der Waals surface area (Å²) in [7, 11) is -7.86. The minimum Gasteiger partial charge on any atom is -0.462 e. The molecule has 1 rings (SSSR count). The van der Waals surface area contributed by atoms with Gasteiger partial charge in [-0.25, -0.2) is 9.59 Å². The average Bonchev–Trinajstić information content (AvgIpc) is 2.82. The molecule has 1 aromatic carbocycles. The minimum atomic E-state index is -3.93. The van der Waals surface area contributed by atoms with E-state index in [-0.39, 0.29) is 50.3 Å². The van der Waals surface area contributed by atoms with Crippen LogP contribution in [0.2, 0.25) is 0 Å². The molecule has 202 valence electrons. The standard InChI is InChI=1S/C24H36O10P2/c1-7-29-23(25)21(35(27,31-9-3)32-10-4)17-19-13-15-20(16-14-19)18-22(24(26)30-8-2)36(28,33-11-5)34-12-6/h13-18H,7-12H2,1-6H3/b21-17+,22-18+. The van der Waals surface area contributed by atoms with Crippen molar-refractivity contribution < 1.29 is 46.3 Å². The van der Waals surface area contributed by atoms with Gasteiger partial charge in [0.15, 0.2) is 0 Å². The van der Waals surface area contributed by atoms with Gasteiger partial charge in [0.05, 0.1) is 39.6 Å². The highest BCUT2D eigenvalue weighted by molar-refractivity contribution is 7.60. The molecule has 0 saturated heterocycles. The van der Waals surface area contributed by atoms with E-state index < -0.39 is 27.1 Å². The number of carbonyl (C=O) groups excluding carboxylic acids is 2. The van der Waals surface area contributed by atoms with Gasteiger partial charge in [-0.05, 0) is 64.8 Å². The molecule has 0 atom stereocenters. The Hall–Kier alpha value is -2.06. The number of esters is 2. The van der Waals surface area contributed by atoms with Crippen LogP contribution in [0.4, 0.5) is 0 Å². The number of hydrogen-bond acceptors (Lipinski definition) is 10. The van der Waals surface area contributed by atoms with Gasteiger partial charge in [0.2, 0.25) is 0 Å². The van der Waals surface area contributed by atoms with Crippen molar-refractivity contribution in [3.05, 3.63) is 46.0 Å². The molecule has 10 nitrogen and oxygen atoms in total. The summed E-state index contributed by atoms with van der Waals surface area (Å²) in [5, 5.41) is -0.471. The van der Waals surface area contributed by atoms with Crippen molar-refractivity contribution in [2.45, 2.75) is 41.5 Å². The fourth-order valence-corrected chi connectivity index (χ4v) is 6.20. The zero-order valence-corrected chi connectivity index (χ0v) is 23.5. The van der Waals surface area contributed by atoms with Gasteiger partial charge in [-0.2, -0.15) is 0 Å². The van der Waals surface area contributed by atoms with Crippen LogP contribution in [0.5, 0.6) is 0 Å². The molecule has 0 N–H and O–H groups in total. The highest BCUT2D eigenvalue weighted by Gasteiger charge is 2.37. The molecule has 0 amide bonds.